The Bertz CT molecular complexity index is 760. The zero-order chi connectivity index (χ0) is 18.6. The highest BCUT2D eigenvalue weighted by atomic mass is 32.2. The summed E-state index contributed by atoms with van der Waals surface area (Å²) in [6.07, 6.45) is 8.58. The van der Waals surface area contributed by atoms with Gasteiger partial charge in [0.1, 0.15) is 5.82 Å². The lowest BCUT2D eigenvalue weighted by Gasteiger charge is -2.27. The molecule has 8 heteroatoms. The van der Waals surface area contributed by atoms with Crippen LogP contribution in [0.1, 0.15) is 37.5 Å². The van der Waals surface area contributed by atoms with E-state index in [1.54, 1.807) is 6.20 Å². The van der Waals surface area contributed by atoms with E-state index in [0.717, 1.165) is 53.5 Å². The average Bonchev–Trinajstić information content (AvgIpc) is 3.25. The first kappa shape index (κ1) is 18.6. The lowest BCUT2D eigenvalue weighted by molar-refractivity contribution is -0.0443. The summed E-state index contributed by atoms with van der Waals surface area (Å²) in [5, 5.41) is 14.0. The van der Waals surface area contributed by atoms with Crippen LogP contribution in [0.25, 0.3) is 11.3 Å². The Hall–Kier alpha value is -1.74. The van der Waals surface area contributed by atoms with Gasteiger partial charge in [-0.2, -0.15) is 0 Å². The van der Waals surface area contributed by atoms with Crippen molar-refractivity contribution in [1.29, 1.82) is 0 Å². The Balaban J connectivity index is 1.57. The second-order valence-corrected chi connectivity index (χ2v) is 7.59. The van der Waals surface area contributed by atoms with Gasteiger partial charge in [-0.15, -0.1) is 0 Å². The van der Waals surface area contributed by atoms with Crippen LogP contribution in [0.2, 0.25) is 0 Å². The lowest BCUT2D eigenvalue weighted by atomic mass is 9.93. The minimum atomic E-state index is -0.326. The highest BCUT2D eigenvalue weighted by Gasteiger charge is 2.22. The molecule has 2 N–H and O–H groups in total. The van der Waals surface area contributed by atoms with Gasteiger partial charge in [0.15, 0.2) is 11.4 Å². The van der Waals surface area contributed by atoms with Crippen molar-refractivity contribution in [2.24, 2.45) is 0 Å². The number of rotatable bonds is 5. The lowest BCUT2D eigenvalue weighted by Crippen LogP contribution is -2.28. The Morgan fingerprint density at radius 1 is 1.07 bits per heavy atom. The zero-order valence-electron chi connectivity index (χ0n) is 15.3. The van der Waals surface area contributed by atoms with Crippen molar-refractivity contribution in [2.45, 2.75) is 49.3 Å². The topological polar surface area (TPSA) is 89.4 Å². The standard InChI is InChI=1S/C19H24N4O3S/c1-27-19-21-11-15(17(23-19)22-13-3-5-14(24)6-4-13)16-7-2-12(10-20-16)18-25-8-9-26-18/h2,7,10-11,13-14,18,24H,3-6,8-9H2,1H3,(H,21,22,23)/t13-,14-. The van der Waals surface area contributed by atoms with Crippen molar-refractivity contribution in [1.82, 2.24) is 15.0 Å². The summed E-state index contributed by atoms with van der Waals surface area (Å²) in [5.74, 6) is 0.796. The average molecular weight is 388 g/mol. The summed E-state index contributed by atoms with van der Waals surface area (Å²) < 4.78 is 11.1. The Kier molecular flexibility index (Phi) is 5.87. The van der Waals surface area contributed by atoms with E-state index in [0.29, 0.717) is 19.3 Å². The van der Waals surface area contributed by atoms with E-state index in [2.05, 4.69) is 20.3 Å². The van der Waals surface area contributed by atoms with E-state index in [1.807, 2.05) is 24.6 Å². The number of pyridine rings is 1. The third kappa shape index (κ3) is 4.40. The summed E-state index contributed by atoms with van der Waals surface area (Å²) >= 11 is 1.51. The SMILES string of the molecule is CSc1ncc(-c2ccc(C3OCCO3)cn2)c(N[C@H]2CC[C@H](O)CC2)n1. The van der Waals surface area contributed by atoms with Crippen molar-refractivity contribution in [3.05, 3.63) is 30.1 Å². The fourth-order valence-corrected chi connectivity index (χ4v) is 3.77. The van der Waals surface area contributed by atoms with Crippen LogP contribution in [-0.4, -0.2) is 51.7 Å². The third-order valence-corrected chi connectivity index (χ3v) is 5.50. The van der Waals surface area contributed by atoms with Crippen molar-refractivity contribution in [3.8, 4) is 11.3 Å². The van der Waals surface area contributed by atoms with Gasteiger partial charge in [-0.25, -0.2) is 9.97 Å². The van der Waals surface area contributed by atoms with E-state index < -0.39 is 0 Å². The molecular weight excluding hydrogens is 364 g/mol. The second kappa shape index (κ2) is 8.52. The molecular formula is C19H24N4O3S. The molecule has 2 aliphatic rings. The van der Waals surface area contributed by atoms with Crippen LogP contribution in [0.5, 0.6) is 0 Å². The molecule has 1 saturated heterocycles. The Morgan fingerprint density at radius 2 is 1.85 bits per heavy atom. The summed E-state index contributed by atoms with van der Waals surface area (Å²) in [6.45, 7) is 1.22. The maximum Gasteiger partial charge on any atom is 0.189 e. The predicted molar refractivity (Wildman–Crippen MR) is 104 cm³/mol. The number of hydrogen-bond donors (Lipinski definition) is 2. The van der Waals surface area contributed by atoms with Gasteiger partial charge in [0.2, 0.25) is 0 Å². The van der Waals surface area contributed by atoms with Gasteiger partial charge in [0, 0.05) is 24.0 Å². The highest BCUT2D eigenvalue weighted by molar-refractivity contribution is 7.98. The van der Waals surface area contributed by atoms with Gasteiger partial charge in [0.25, 0.3) is 0 Å². The molecule has 2 aromatic rings. The maximum absolute atomic E-state index is 9.74. The molecule has 1 saturated carbocycles. The van der Waals surface area contributed by atoms with Crippen LogP contribution < -0.4 is 5.32 Å². The first-order chi connectivity index (χ1) is 13.2. The smallest absolute Gasteiger partial charge is 0.189 e. The first-order valence-electron chi connectivity index (χ1n) is 9.28. The Labute approximate surface area is 162 Å². The molecule has 0 bridgehead atoms. The molecule has 0 unspecified atom stereocenters. The summed E-state index contributed by atoms with van der Waals surface area (Å²) in [5.41, 5.74) is 2.59. The fraction of sp³-hybridized carbons (Fsp3) is 0.526. The molecule has 4 rings (SSSR count). The molecule has 0 spiro atoms. The van der Waals surface area contributed by atoms with Crippen molar-refractivity contribution >= 4 is 17.6 Å². The van der Waals surface area contributed by atoms with E-state index in [4.69, 9.17) is 9.47 Å². The van der Waals surface area contributed by atoms with Crippen LogP contribution in [0.4, 0.5) is 5.82 Å². The van der Waals surface area contributed by atoms with Gasteiger partial charge < -0.3 is 19.9 Å². The molecule has 144 valence electrons. The molecule has 0 aromatic carbocycles. The number of anilines is 1. The fourth-order valence-electron chi connectivity index (χ4n) is 3.43. The van der Waals surface area contributed by atoms with Crippen LogP contribution >= 0.6 is 11.8 Å². The van der Waals surface area contributed by atoms with Gasteiger partial charge in [-0.1, -0.05) is 17.8 Å². The molecule has 1 aliphatic heterocycles. The minimum absolute atomic E-state index is 0.177. The summed E-state index contributed by atoms with van der Waals surface area (Å²) in [4.78, 5) is 13.7. The van der Waals surface area contributed by atoms with E-state index in [1.165, 1.54) is 11.8 Å². The molecule has 2 aromatic heterocycles. The molecule has 7 nitrogen and oxygen atoms in total. The number of hydrogen-bond acceptors (Lipinski definition) is 8. The van der Waals surface area contributed by atoms with Crippen molar-refractivity contribution < 1.29 is 14.6 Å². The first-order valence-corrected chi connectivity index (χ1v) is 10.5. The van der Waals surface area contributed by atoms with Gasteiger partial charge >= 0.3 is 0 Å². The Morgan fingerprint density at radius 3 is 2.52 bits per heavy atom. The molecule has 0 atom stereocenters. The number of aliphatic hydroxyl groups is 1. The predicted octanol–water partition coefficient (Wildman–Crippen LogP) is 3.02. The zero-order valence-corrected chi connectivity index (χ0v) is 16.1. The number of thioether (sulfide) groups is 1. The van der Waals surface area contributed by atoms with E-state index in [-0.39, 0.29) is 12.4 Å². The van der Waals surface area contributed by atoms with Crippen molar-refractivity contribution in [2.75, 3.05) is 24.8 Å². The number of nitrogens with zero attached hydrogens (tertiary/aromatic N) is 3. The second-order valence-electron chi connectivity index (χ2n) is 6.82. The highest BCUT2D eigenvalue weighted by Crippen LogP contribution is 2.30. The monoisotopic (exact) mass is 388 g/mol. The quantitative estimate of drug-likeness (QED) is 0.597. The number of ether oxygens (including phenoxy) is 2. The van der Waals surface area contributed by atoms with Crippen LogP contribution in [0, 0.1) is 0 Å². The molecule has 0 amide bonds. The van der Waals surface area contributed by atoms with Crippen LogP contribution in [0.15, 0.2) is 29.7 Å². The summed E-state index contributed by atoms with van der Waals surface area (Å²) in [6, 6.07) is 4.23. The van der Waals surface area contributed by atoms with Crippen LogP contribution in [-0.2, 0) is 9.47 Å². The van der Waals surface area contributed by atoms with Gasteiger partial charge in [-0.05, 0) is 38.0 Å². The van der Waals surface area contributed by atoms with Gasteiger partial charge in [0.05, 0.1) is 30.6 Å². The maximum atomic E-state index is 9.74. The molecule has 27 heavy (non-hydrogen) atoms. The molecule has 0 radical (unpaired) electrons. The summed E-state index contributed by atoms with van der Waals surface area (Å²) in [7, 11) is 0. The normalized spacial score (nSPS) is 23.5. The minimum Gasteiger partial charge on any atom is -0.393 e. The van der Waals surface area contributed by atoms with E-state index in [9.17, 15) is 5.11 Å². The van der Waals surface area contributed by atoms with Gasteiger partial charge in [-0.3, -0.25) is 4.98 Å². The number of aliphatic hydroxyl groups excluding tert-OH is 1. The molecule has 3 heterocycles. The third-order valence-electron chi connectivity index (χ3n) is 4.94. The molecule has 1 aliphatic carbocycles. The largest absolute Gasteiger partial charge is 0.393 e. The van der Waals surface area contributed by atoms with Crippen molar-refractivity contribution in [3.63, 3.8) is 0 Å². The molecule has 2 fully saturated rings. The number of nitrogens with one attached hydrogen (secondary N) is 1. The van der Waals surface area contributed by atoms with E-state index >= 15 is 0 Å². The van der Waals surface area contributed by atoms with Crippen LogP contribution in [0.3, 0.4) is 0 Å². The number of aromatic nitrogens is 3.